The van der Waals surface area contributed by atoms with Gasteiger partial charge in [-0.05, 0) is 86.0 Å². The minimum Gasteiger partial charge on any atom is -0.494 e. The van der Waals surface area contributed by atoms with Crippen LogP contribution < -0.4 is 24.8 Å². The molecule has 0 aliphatic carbocycles. The van der Waals surface area contributed by atoms with E-state index < -0.39 is 23.8 Å². The fourth-order valence-corrected chi connectivity index (χ4v) is 4.66. The topological polar surface area (TPSA) is 146 Å². The van der Waals surface area contributed by atoms with Gasteiger partial charge in [0, 0.05) is 11.3 Å². The Labute approximate surface area is 273 Å². The van der Waals surface area contributed by atoms with Gasteiger partial charge >= 0.3 is 5.97 Å². The molecule has 0 saturated carbocycles. The number of hydrogen-bond donors (Lipinski definition) is 2. The zero-order chi connectivity index (χ0) is 33.6. The van der Waals surface area contributed by atoms with Gasteiger partial charge in [0.05, 0.1) is 31.5 Å². The highest BCUT2D eigenvalue weighted by Gasteiger charge is 2.21. The number of unbranched alkanes of at least 4 members (excludes halogenated alkanes) is 4. The van der Waals surface area contributed by atoms with Crippen LogP contribution in [0.15, 0.2) is 83.7 Å². The van der Waals surface area contributed by atoms with Crippen LogP contribution in [0.4, 0.5) is 5.69 Å². The molecule has 4 aromatic rings. The van der Waals surface area contributed by atoms with Gasteiger partial charge in [0.15, 0.2) is 23.7 Å². The average Bonchev–Trinajstić information content (AvgIpc) is 3.63. The van der Waals surface area contributed by atoms with E-state index in [-0.39, 0.29) is 23.7 Å². The van der Waals surface area contributed by atoms with Gasteiger partial charge < -0.3 is 29.3 Å². The molecule has 11 nitrogen and oxygen atoms in total. The number of esters is 1. The summed E-state index contributed by atoms with van der Waals surface area (Å²) in [5.41, 5.74) is 1.80. The number of nitrogens with zero attached hydrogens (tertiary/aromatic N) is 1. The molecule has 4 rings (SSSR count). The van der Waals surface area contributed by atoms with E-state index >= 15 is 0 Å². The van der Waals surface area contributed by atoms with Crippen molar-refractivity contribution in [3.05, 3.63) is 102 Å². The number of methoxy groups -OCH3 is 1. The standard InChI is InChI=1S/C36H39N3O8/c1-4-5-6-7-8-19-45-29-16-12-27(13-17-29)36(43)47-31-18-9-25(21-32(31)44-3)20-30(24(2)40)39-34(41)26-10-14-28(15-11-26)38-35(42)33-22-37-23-46-33/h9-18,21-23,30H,4-8,19-20H2,1-3H3,(H,38,42)(H,39,41). The smallest absolute Gasteiger partial charge is 0.343 e. The van der Waals surface area contributed by atoms with Crippen molar-refractivity contribution in [3.8, 4) is 17.2 Å². The molecule has 2 N–H and O–H groups in total. The lowest BCUT2D eigenvalue weighted by Crippen LogP contribution is -2.41. The van der Waals surface area contributed by atoms with Crippen LogP contribution in [0.2, 0.25) is 0 Å². The molecular weight excluding hydrogens is 602 g/mol. The molecule has 47 heavy (non-hydrogen) atoms. The predicted molar refractivity (Wildman–Crippen MR) is 175 cm³/mol. The Morgan fingerprint density at radius 3 is 2.23 bits per heavy atom. The quantitative estimate of drug-likeness (QED) is 0.0756. The third-order valence-electron chi connectivity index (χ3n) is 7.33. The molecule has 1 unspecified atom stereocenters. The number of nitrogens with one attached hydrogen (secondary N) is 2. The molecule has 1 aromatic heterocycles. The Hall–Kier alpha value is -5.45. The second kappa shape index (κ2) is 17.3. The van der Waals surface area contributed by atoms with Gasteiger partial charge in [0.25, 0.3) is 11.8 Å². The molecule has 0 saturated heterocycles. The zero-order valence-corrected chi connectivity index (χ0v) is 26.7. The molecule has 0 fully saturated rings. The predicted octanol–water partition coefficient (Wildman–Crippen LogP) is 6.43. The first-order valence-corrected chi connectivity index (χ1v) is 15.5. The number of carbonyl (C=O) groups is 4. The van der Waals surface area contributed by atoms with Gasteiger partial charge in [-0.3, -0.25) is 14.4 Å². The van der Waals surface area contributed by atoms with E-state index in [2.05, 4.69) is 22.5 Å². The lowest BCUT2D eigenvalue weighted by Gasteiger charge is -2.17. The van der Waals surface area contributed by atoms with E-state index in [1.807, 2.05) is 0 Å². The Morgan fingerprint density at radius 2 is 1.57 bits per heavy atom. The van der Waals surface area contributed by atoms with Gasteiger partial charge in [0.1, 0.15) is 5.75 Å². The van der Waals surface area contributed by atoms with Crippen LogP contribution in [0.25, 0.3) is 0 Å². The van der Waals surface area contributed by atoms with Crippen LogP contribution in [0, 0.1) is 0 Å². The third-order valence-corrected chi connectivity index (χ3v) is 7.33. The van der Waals surface area contributed by atoms with E-state index in [0.717, 1.165) is 19.2 Å². The minimum atomic E-state index is -0.830. The number of hydrogen-bond acceptors (Lipinski definition) is 9. The first-order valence-electron chi connectivity index (χ1n) is 15.5. The number of rotatable bonds is 17. The molecule has 1 atom stereocenters. The van der Waals surface area contributed by atoms with Gasteiger partial charge in [0.2, 0.25) is 5.76 Å². The van der Waals surface area contributed by atoms with Crippen LogP contribution in [0.1, 0.15) is 82.8 Å². The lowest BCUT2D eigenvalue weighted by atomic mass is 10.0. The van der Waals surface area contributed by atoms with Crippen LogP contribution in [0.3, 0.4) is 0 Å². The zero-order valence-electron chi connectivity index (χ0n) is 26.7. The van der Waals surface area contributed by atoms with Crippen LogP contribution in [0.5, 0.6) is 17.2 Å². The summed E-state index contributed by atoms with van der Waals surface area (Å²) in [5, 5.41) is 5.41. The Bertz CT molecular complexity index is 1630. The van der Waals surface area contributed by atoms with Crippen molar-refractivity contribution in [1.29, 1.82) is 0 Å². The summed E-state index contributed by atoms with van der Waals surface area (Å²) in [4.78, 5) is 54.1. The van der Waals surface area contributed by atoms with Crippen molar-refractivity contribution >= 4 is 29.3 Å². The highest BCUT2D eigenvalue weighted by molar-refractivity contribution is 6.02. The molecule has 0 aliphatic heterocycles. The lowest BCUT2D eigenvalue weighted by molar-refractivity contribution is -0.118. The first-order chi connectivity index (χ1) is 22.8. The summed E-state index contributed by atoms with van der Waals surface area (Å²) in [6.07, 6.45) is 8.38. The summed E-state index contributed by atoms with van der Waals surface area (Å²) in [5.74, 6) is -0.473. The Morgan fingerprint density at radius 1 is 0.851 bits per heavy atom. The maximum atomic E-state index is 13.0. The second-order valence-electron chi connectivity index (χ2n) is 10.9. The van der Waals surface area contributed by atoms with Crippen molar-refractivity contribution in [2.24, 2.45) is 0 Å². The summed E-state index contributed by atoms with van der Waals surface area (Å²) in [6.45, 7) is 4.21. The number of Topliss-reactive ketones (excluding diaryl/α,β-unsaturated/α-hetero) is 1. The Kier molecular flexibility index (Phi) is 12.7. The van der Waals surface area contributed by atoms with Crippen molar-refractivity contribution in [2.75, 3.05) is 19.0 Å². The van der Waals surface area contributed by atoms with Gasteiger partial charge in [-0.15, -0.1) is 0 Å². The molecule has 0 radical (unpaired) electrons. The van der Waals surface area contributed by atoms with E-state index in [9.17, 15) is 19.2 Å². The fraction of sp³-hybridized carbons (Fsp3) is 0.306. The number of ketones is 1. The number of anilines is 1. The number of ether oxygens (including phenoxy) is 3. The van der Waals surface area contributed by atoms with Crippen molar-refractivity contribution in [3.63, 3.8) is 0 Å². The Balaban J connectivity index is 1.32. The molecule has 11 heteroatoms. The summed E-state index contributed by atoms with van der Waals surface area (Å²) in [7, 11) is 1.45. The monoisotopic (exact) mass is 641 g/mol. The van der Waals surface area contributed by atoms with E-state index in [1.54, 1.807) is 54.6 Å². The SMILES string of the molecule is CCCCCCCOc1ccc(C(=O)Oc2ccc(CC(NC(=O)c3ccc(NC(=O)c4cnco4)cc3)C(C)=O)cc2OC)cc1. The van der Waals surface area contributed by atoms with E-state index in [4.69, 9.17) is 18.6 Å². The number of amides is 2. The van der Waals surface area contributed by atoms with Gasteiger partial charge in [-0.2, -0.15) is 0 Å². The van der Waals surface area contributed by atoms with Crippen molar-refractivity contribution < 1.29 is 37.8 Å². The number of aromatic nitrogens is 1. The van der Waals surface area contributed by atoms with Gasteiger partial charge in [-0.1, -0.05) is 38.7 Å². The first kappa shape index (κ1) is 34.4. The average molecular weight is 642 g/mol. The third kappa shape index (κ3) is 10.3. The molecule has 0 spiro atoms. The van der Waals surface area contributed by atoms with E-state index in [1.165, 1.54) is 51.6 Å². The number of oxazole rings is 1. The molecular formula is C36H39N3O8. The van der Waals surface area contributed by atoms with Crippen LogP contribution in [-0.2, 0) is 11.2 Å². The highest BCUT2D eigenvalue weighted by atomic mass is 16.6. The maximum absolute atomic E-state index is 13.0. The minimum absolute atomic E-state index is 0.0538. The fourth-order valence-electron chi connectivity index (χ4n) is 4.66. The largest absolute Gasteiger partial charge is 0.494 e. The van der Waals surface area contributed by atoms with E-state index in [0.29, 0.717) is 40.5 Å². The van der Waals surface area contributed by atoms with Crippen LogP contribution in [-0.4, -0.2) is 48.3 Å². The molecule has 3 aromatic carbocycles. The highest BCUT2D eigenvalue weighted by Crippen LogP contribution is 2.30. The molecule has 1 heterocycles. The molecule has 2 amide bonds. The van der Waals surface area contributed by atoms with Crippen molar-refractivity contribution in [2.45, 2.75) is 58.4 Å². The normalized spacial score (nSPS) is 11.3. The second-order valence-corrected chi connectivity index (χ2v) is 10.9. The number of carbonyl (C=O) groups excluding carboxylic acids is 4. The summed E-state index contributed by atoms with van der Waals surface area (Å²) < 4.78 is 21.8. The molecule has 0 bridgehead atoms. The summed E-state index contributed by atoms with van der Waals surface area (Å²) in [6, 6.07) is 17.1. The van der Waals surface area contributed by atoms with Gasteiger partial charge in [-0.25, -0.2) is 9.78 Å². The molecule has 246 valence electrons. The number of benzene rings is 3. The van der Waals surface area contributed by atoms with Crippen LogP contribution >= 0.6 is 0 Å². The molecule has 0 aliphatic rings. The summed E-state index contributed by atoms with van der Waals surface area (Å²) >= 11 is 0. The van der Waals surface area contributed by atoms with Crippen molar-refractivity contribution in [1.82, 2.24) is 10.3 Å². The maximum Gasteiger partial charge on any atom is 0.343 e.